The molecule has 0 bridgehead atoms. The molecule has 1 amide bonds. The molecule has 6 heteroatoms. The molecule has 178 valence electrons. The van der Waals surface area contributed by atoms with E-state index in [2.05, 4.69) is 10.3 Å². The fourth-order valence-electron chi connectivity index (χ4n) is 4.46. The number of aryl methyl sites for hydroxylation is 1. The first-order valence-electron chi connectivity index (χ1n) is 11.6. The van der Waals surface area contributed by atoms with Crippen LogP contribution in [0.15, 0.2) is 108 Å². The quantitative estimate of drug-likeness (QED) is 0.353. The number of carbonyl (C=O) groups is 1. The molecule has 1 N–H and O–H groups in total. The molecule has 4 aromatic carbocycles. The van der Waals surface area contributed by atoms with Crippen LogP contribution in [0, 0.1) is 6.92 Å². The van der Waals surface area contributed by atoms with E-state index in [1.165, 1.54) is 7.11 Å². The summed E-state index contributed by atoms with van der Waals surface area (Å²) < 4.78 is 7.17. The predicted octanol–water partition coefficient (Wildman–Crippen LogP) is 5.47. The van der Waals surface area contributed by atoms with Crippen molar-refractivity contribution in [3.8, 4) is 11.4 Å². The summed E-state index contributed by atoms with van der Waals surface area (Å²) in [5.41, 5.74) is 3.39. The monoisotopic (exact) mass is 475 g/mol. The number of hydrogen-bond acceptors (Lipinski definition) is 4. The van der Waals surface area contributed by atoms with Gasteiger partial charge >= 0.3 is 0 Å². The largest absolute Gasteiger partial charge is 0.494 e. The number of ether oxygens (including phenoxy) is 1. The molecule has 0 saturated carbocycles. The molecule has 0 spiro atoms. The van der Waals surface area contributed by atoms with Crippen molar-refractivity contribution in [2.75, 3.05) is 12.4 Å². The Morgan fingerprint density at radius 2 is 1.47 bits per heavy atom. The van der Waals surface area contributed by atoms with E-state index >= 15 is 0 Å². The Morgan fingerprint density at radius 1 is 0.861 bits per heavy atom. The van der Waals surface area contributed by atoms with Crippen molar-refractivity contribution in [1.29, 1.82) is 0 Å². The number of carbonyl (C=O) groups excluding carboxylic acids is 1. The molecule has 0 aliphatic rings. The average Bonchev–Trinajstić information content (AvgIpc) is 2.91. The normalized spacial score (nSPS) is 11.0. The predicted molar refractivity (Wildman–Crippen MR) is 142 cm³/mol. The molecular formula is C30H25N3O3. The first-order chi connectivity index (χ1) is 17.6. The van der Waals surface area contributed by atoms with E-state index in [4.69, 9.17) is 4.74 Å². The lowest BCUT2D eigenvalue weighted by atomic mass is 9.90. The van der Waals surface area contributed by atoms with Crippen LogP contribution in [0.3, 0.4) is 0 Å². The van der Waals surface area contributed by atoms with Gasteiger partial charge in [-0.05, 0) is 42.3 Å². The molecule has 5 rings (SSSR count). The number of anilines is 1. The Morgan fingerprint density at radius 3 is 2.11 bits per heavy atom. The van der Waals surface area contributed by atoms with Gasteiger partial charge in [0, 0.05) is 6.07 Å². The summed E-state index contributed by atoms with van der Waals surface area (Å²) in [6.07, 6.45) is 0. The van der Waals surface area contributed by atoms with Crippen LogP contribution >= 0.6 is 0 Å². The van der Waals surface area contributed by atoms with Gasteiger partial charge in [-0.2, -0.15) is 0 Å². The zero-order chi connectivity index (χ0) is 25.1. The number of aromatic nitrogens is 2. The van der Waals surface area contributed by atoms with Gasteiger partial charge in [0.05, 0.1) is 35.3 Å². The summed E-state index contributed by atoms with van der Waals surface area (Å²) in [4.78, 5) is 31.4. The smallest absolute Gasteiger partial charge is 0.265 e. The van der Waals surface area contributed by atoms with Crippen LogP contribution in [0.1, 0.15) is 22.9 Å². The Labute approximate surface area is 208 Å². The minimum atomic E-state index is -0.494. The van der Waals surface area contributed by atoms with Crippen LogP contribution in [0.25, 0.3) is 16.6 Å². The van der Waals surface area contributed by atoms with Crippen molar-refractivity contribution in [2.24, 2.45) is 0 Å². The van der Waals surface area contributed by atoms with Gasteiger partial charge in [-0.3, -0.25) is 14.2 Å². The highest BCUT2D eigenvalue weighted by molar-refractivity contribution is 5.99. The maximum Gasteiger partial charge on any atom is 0.265 e. The maximum atomic E-state index is 13.6. The third-order valence-electron chi connectivity index (χ3n) is 6.17. The number of rotatable bonds is 6. The summed E-state index contributed by atoms with van der Waals surface area (Å²) in [7, 11) is 1.54. The molecule has 36 heavy (non-hydrogen) atoms. The first kappa shape index (κ1) is 23.1. The van der Waals surface area contributed by atoms with Crippen molar-refractivity contribution in [3.63, 3.8) is 0 Å². The highest BCUT2D eigenvalue weighted by Gasteiger charge is 2.24. The van der Waals surface area contributed by atoms with Crippen LogP contribution in [0.4, 0.5) is 5.69 Å². The van der Waals surface area contributed by atoms with Crippen LogP contribution in [0.2, 0.25) is 0 Å². The number of fused-ring (bicyclic) bond motifs is 1. The minimum absolute atomic E-state index is 0.162. The topological polar surface area (TPSA) is 73.2 Å². The fourth-order valence-corrected chi connectivity index (χ4v) is 4.46. The lowest BCUT2D eigenvalue weighted by molar-refractivity contribution is -0.116. The zero-order valence-corrected chi connectivity index (χ0v) is 20.0. The van der Waals surface area contributed by atoms with Gasteiger partial charge in [0.2, 0.25) is 5.91 Å². The number of benzene rings is 4. The van der Waals surface area contributed by atoms with Crippen LogP contribution in [0.5, 0.6) is 5.75 Å². The molecule has 0 saturated heterocycles. The van der Waals surface area contributed by atoms with Gasteiger partial charge in [-0.25, -0.2) is 4.98 Å². The van der Waals surface area contributed by atoms with E-state index in [-0.39, 0.29) is 11.5 Å². The zero-order valence-electron chi connectivity index (χ0n) is 20.0. The molecule has 1 aromatic heterocycles. The van der Waals surface area contributed by atoms with Gasteiger partial charge in [0.15, 0.2) is 0 Å². The highest BCUT2D eigenvalue weighted by Crippen LogP contribution is 2.31. The molecule has 5 aromatic rings. The van der Waals surface area contributed by atoms with Gasteiger partial charge in [-0.1, -0.05) is 72.8 Å². The number of amides is 1. The molecular weight excluding hydrogens is 450 g/mol. The molecule has 0 aliphatic carbocycles. The van der Waals surface area contributed by atoms with E-state index in [0.29, 0.717) is 33.9 Å². The van der Waals surface area contributed by atoms with Crippen LogP contribution < -0.4 is 15.6 Å². The third kappa shape index (κ3) is 4.36. The van der Waals surface area contributed by atoms with Crippen molar-refractivity contribution in [3.05, 3.63) is 130 Å². The SMILES string of the molecule is COc1cc(-n2c(C)nc3ccccc3c2=O)ccc1NC(=O)C(c1ccccc1)c1ccccc1. The summed E-state index contributed by atoms with van der Waals surface area (Å²) in [5.74, 6) is 0.330. The number of methoxy groups -OCH3 is 1. The van der Waals surface area contributed by atoms with Crippen molar-refractivity contribution in [2.45, 2.75) is 12.8 Å². The van der Waals surface area contributed by atoms with E-state index in [9.17, 15) is 9.59 Å². The number of hydrogen-bond donors (Lipinski definition) is 1. The summed E-state index contributed by atoms with van der Waals surface area (Å²) >= 11 is 0. The first-order valence-corrected chi connectivity index (χ1v) is 11.6. The Kier molecular flexibility index (Phi) is 6.33. The summed E-state index contributed by atoms with van der Waals surface area (Å²) in [5, 5.41) is 3.56. The second kappa shape index (κ2) is 9.88. The average molecular weight is 476 g/mol. The minimum Gasteiger partial charge on any atom is -0.494 e. The number of nitrogens with one attached hydrogen (secondary N) is 1. The Balaban J connectivity index is 1.52. The van der Waals surface area contributed by atoms with E-state index < -0.39 is 5.92 Å². The molecule has 0 radical (unpaired) electrons. The molecule has 0 atom stereocenters. The highest BCUT2D eigenvalue weighted by atomic mass is 16.5. The van der Waals surface area contributed by atoms with Gasteiger partial charge in [0.1, 0.15) is 11.6 Å². The Hall–Kier alpha value is -4.71. The standard InChI is InChI=1S/C30H25N3O3/c1-20-31-25-16-10-9-15-24(25)30(35)33(20)23-17-18-26(27(19-23)36-2)32-29(34)28(21-11-5-3-6-12-21)22-13-7-4-8-14-22/h3-19,28H,1-2H3,(H,32,34). The molecule has 0 unspecified atom stereocenters. The Bertz CT molecular complexity index is 1560. The van der Waals surface area contributed by atoms with Crippen molar-refractivity contribution >= 4 is 22.5 Å². The second-order valence-corrected chi connectivity index (χ2v) is 8.44. The summed E-state index contributed by atoms with van der Waals surface area (Å²) in [6, 6.07) is 31.9. The van der Waals surface area contributed by atoms with Crippen molar-refractivity contribution < 1.29 is 9.53 Å². The van der Waals surface area contributed by atoms with E-state index in [1.54, 1.807) is 35.8 Å². The number of para-hydroxylation sites is 1. The van der Waals surface area contributed by atoms with Crippen LogP contribution in [-0.4, -0.2) is 22.6 Å². The van der Waals surface area contributed by atoms with Crippen LogP contribution in [-0.2, 0) is 4.79 Å². The summed E-state index contributed by atoms with van der Waals surface area (Å²) in [6.45, 7) is 1.79. The third-order valence-corrected chi connectivity index (χ3v) is 6.17. The lowest BCUT2D eigenvalue weighted by Crippen LogP contribution is -2.23. The van der Waals surface area contributed by atoms with E-state index in [0.717, 1.165) is 11.1 Å². The molecule has 1 heterocycles. The van der Waals surface area contributed by atoms with Gasteiger partial charge in [0.25, 0.3) is 5.56 Å². The molecule has 6 nitrogen and oxygen atoms in total. The van der Waals surface area contributed by atoms with Gasteiger partial charge in [-0.15, -0.1) is 0 Å². The number of nitrogens with zero attached hydrogens (tertiary/aromatic N) is 2. The molecule has 0 aliphatic heterocycles. The van der Waals surface area contributed by atoms with Crippen molar-refractivity contribution in [1.82, 2.24) is 9.55 Å². The lowest BCUT2D eigenvalue weighted by Gasteiger charge is -2.20. The molecule has 0 fully saturated rings. The maximum absolute atomic E-state index is 13.6. The van der Waals surface area contributed by atoms with E-state index in [1.807, 2.05) is 78.9 Å². The second-order valence-electron chi connectivity index (χ2n) is 8.44. The fraction of sp³-hybridized carbons (Fsp3) is 0.100. The van der Waals surface area contributed by atoms with Gasteiger partial charge < -0.3 is 10.1 Å².